The molecule has 0 spiro atoms. The molecule has 0 amide bonds. The lowest BCUT2D eigenvalue weighted by atomic mass is 9.83. The average molecular weight is 180 g/mol. The third-order valence-corrected chi connectivity index (χ3v) is 3.29. The van der Waals surface area contributed by atoms with E-state index < -0.39 is 0 Å². The largest absolute Gasteiger partial charge is 0.0741 e. The number of hydrogen-bond donors (Lipinski definition) is 0. The van der Waals surface area contributed by atoms with Crippen molar-refractivity contribution in [2.24, 2.45) is 5.92 Å². The van der Waals surface area contributed by atoms with Gasteiger partial charge in [-0.25, -0.2) is 0 Å². The minimum absolute atomic E-state index is 0.945. The van der Waals surface area contributed by atoms with Gasteiger partial charge in [0, 0.05) is 0 Å². The zero-order valence-electron chi connectivity index (χ0n) is 9.53. The molecular weight excluding hydrogens is 156 g/mol. The van der Waals surface area contributed by atoms with Gasteiger partial charge in [-0.3, -0.25) is 0 Å². The van der Waals surface area contributed by atoms with Gasteiger partial charge in [0.05, 0.1) is 0 Å². The second kappa shape index (κ2) is 5.47. The monoisotopic (exact) mass is 180 g/mol. The van der Waals surface area contributed by atoms with Crippen LogP contribution in [0.15, 0.2) is 11.1 Å². The molecule has 1 aliphatic carbocycles. The second-order valence-electron chi connectivity index (χ2n) is 4.69. The van der Waals surface area contributed by atoms with Crippen LogP contribution in [0.25, 0.3) is 0 Å². The molecule has 0 fully saturated rings. The van der Waals surface area contributed by atoms with Crippen LogP contribution in [0.1, 0.15) is 65.7 Å². The molecule has 0 N–H and O–H groups in total. The molecule has 0 aromatic carbocycles. The third-order valence-electron chi connectivity index (χ3n) is 3.29. The first-order valence-electron chi connectivity index (χ1n) is 5.91. The van der Waals surface area contributed by atoms with Crippen LogP contribution in [-0.4, -0.2) is 0 Å². The molecule has 0 nitrogen and oxygen atoms in total. The lowest BCUT2D eigenvalue weighted by molar-refractivity contribution is 0.480. The Morgan fingerprint density at radius 3 is 2.77 bits per heavy atom. The van der Waals surface area contributed by atoms with Gasteiger partial charge in [0.2, 0.25) is 0 Å². The molecule has 0 heterocycles. The molecule has 0 radical (unpaired) electrons. The van der Waals surface area contributed by atoms with E-state index in [0.29, 0.717) is 0 Å². The Morgan fingerprint density at radius 2 is 2.08 bits per heavy atom. The Kier molecular flexibility index (Phi) is 4.55. The number of hydrogen-bond acceptors (Lipinski definition) is 0. The summed E-state index contributed by atoms with van der Waals surface area (Å²) in [6, 6.07) is 0. The zero-order valence-corrected chi connectivity index (χ0v) is 9.53. The molecule has 1 rings (SSSR count). The van der Waals surface area contributed by atoms with Crippen LogP contribution in [0.5, 0.6) is 0 Å². The normalized spacial score (nSPS) is 23.8. The summed E-state index contributed by atoms with van der Waals surface area (Å²) in [5.41, 5.74) is 3.49. The van der Waals surface area contributed by atoms with E-state index in [-0.39, 0.29) is 0 Å². The van der Waals surface area contributed by atoms with Crippen LogP contribution >= 0.6 is 0 Å². The minimum atomic E-state index is 0.945. The van der Waals surface area contributed by atoms with Gasteiger partial charge >= 0.3 is 0 Å². The topological polar surface area (TPSA) is 0 Å². The van der Waals surface area contributed by atoms with Gasteiger partial charge in [0.1, 0.15) is 0 Å². The fourth-order valence-electron chi connectivity index (χ4n) is 2.24. The van der Waals surface area contributed by atoms with E-state index in [2.05, 4.69) is 20.8 Å². The van der Waals surface area contributed by atoms with E-state index in [4.69, 9.17) is 0 Å². The van der Waals surface area contributed by atoms with E-state index >= 15 is 0 Å². The highest BCUT2D eigenvalue weighted by Gasteiger charge is 2.14. The van der Waals surface area contributed by atoms with E-state index in [1.807, 2.05) is 0 Å². The highest BCUT2D eigenvalue weighted by Crippen LogP contribution is 2.31. The minimum Gasteiger partial charge on any atom is -0.0741 e. The number of rotatable bonds is 4. The summed E-state index contributed by atoms with van der Waals surface area (Å²) in [7, 11) is 0. The lowest BCUT2D eigenvalue weighted by Gasteiger charge is -2.23. The first kappa shape index (κ1) is 10.8. The Hall–Kier alpha value is -0.260. The van der Waals surface area contributed by atoms with Crippen LogP contribution in [0.3, 0.4) is 0 Å². The van der Waals surface area contributed by atoms with Crippen LogP contribution in [-0.2, 0) is 0 Å². The fraction of sp³-hybridized carbons (Fsp3) is 0.846. The van der Waals surface area contributed by atoms with Crippen molar-refractivity contribution < 1.29 is 0 Å². The van der Waals surface area contributed by atoms with Gasteiger partial charge in [0.25, 0.3) is 0 Å². The second-order valence-corrected chi connectivity index (χ2v) is 4.69. The van der Waals surface area contributed by atoms with E-state index in [0.717, 1.165) is 5.92 Å². The van der Waals surface area contributed by atoms with Crippen LogP contribution < -0.4 is 0 Å². The zero-order chi connectivity index (χ0) is 9.68. The summed E-state index contributed by atoms with van der Waals surface area (Å²) in [5.74, 6) is 0.945. The van der Waals surface area contributed by atoms with Gasteiger partial charge in [-0.2, -0.15) is 0 Å². The Morgan fingerprint density at radius 1 is 1.31 bits per heavy atom. The predicted octanol–water partition coefficient (Wildman–Crippen LogP) is 4.70. The summed E-state index contributed by atoms with van der Waals surface area (Å²) < 4.78 is 0. The highest BCUT2D eigenvalue weighted by atomic mass is 14.2. The smallest absolute Gasteiger partial charge is 0.0292 e. The standard InChI is InChI=1S/C13H24/c1-4-5-6-7-13-10-11(2)8-9-12(13)3/h11H,4-10H2,1-3H3. The molecule has 0 heteroatoms. The summed E-state index contributed by atoms with van der Waals surface area (Å²) >= 11 is 0. The molecule has 13 heavy (non-hydrogen) atoms. The maximum atomic E-state index is 2.40. The molecule has 0 aliphatic heterocycles. The Balaban J connectivity index is 2.36. The van der Waals surface area contributed by atoms with Crippen molar-refractivity contribution in [3.8, 4) is 0 Å². The molecule has 1 aliphatic rings. The van der Waals surface area contributed by atoms with E-state index in [9.17, 15) is 0 Å². The SMILES string of the molecule is CCCCCC1=C(C)CCC(C)C1. The van der Waals surface area contributed by atoms with Gasteiger partial charge < -0.3 is 0 Å². The van der Waals surface area contributed by atoms with Gasteiger partial charge in [-0.1, -0.05) is 37.8 Å². The van der Waals surface area contributed by atoms with Gasteiger partial charge in [-0.15, -0.1) is 0 Å². The summed E-state index contributed by atoms with van der Waals surface area (Å²) in [6.07, 6.45) is 9.72. The third kappa shape index (κ3) is 3.54. The molecule has 0 aromatic rings. The summed E-state index contributed by atoms with van der Waals surface area (Å²) in [4.78, 5) is 0. The summed E-state index contributed by atoms with van der Waals surface area (Å²) in [6.45, 7) is 7.02. The summed E-state index contributed by atoms with van der Waals surface area (Å²) in [5, 5.41) is 0. The van der Waals surface area contributed by atoms with Crippen molar-refractivity contribution in [3.05, 3.63) is 11.1 Å². The Bertz CT molecular complexity index is 176. The van der Waals surface area contributed by atoms with Crippen molar-refractivity contribution in [3.63, 3.8) is 0 Å². The maximum absolute atomic E-state index is 2.40. The number of allylic oxidation sites excluding steroid dienone is 2. The Labute approximate surface area is 83.4 Å². The van der Waals surface area contributed by atoms with Crippen LogP contribution in [0.2, 0.25) is 0 Å². The molecular formula is C13H24. The van der Waals surface area contributed by atoms with Crippen molar-refractivity contribution in [1.29, 1.82) is 0 Å². The first-order valence-corrected chi connectivity index (χ1v) is 5.91. The molecule has 1 atom stereocenters. The highest BCUT2D eigenvalue weighted by molar-refractivity contribution is 5.15. The molecule has 0 aromatic heterocycles. The molecule has 76 valence electrons. The van der Waals surface area contributed by atoms with Gasteiger partial charge in [0.15, 0.2) is 0 Å². The molecule has 0 bridgehead atoms. The van der Waals surface area contributed by atoms with E-state index in [1.165, 1.54) is 44.9 Å². The fourth-order valence-corrected chi connectivity index (χ4v) is 2.24. The maximum Gasteiger partial charge on any atom is -0.0292 e. The van der Waals surface area contributed by atoms with Crippen molar-refractivity contribution in [2.45, 2.75) is 65.7 Å². The van der Waals surface area contributed by atoms with E-state index in [1.54, 1.807) is 11.1 Å². The molecule has 0 saturated carbocycles. The number of unbranched alkanes of at least 4 members (excludes halogenated alkanes) is 2. The average Bonchev–Trinajstić information content (AvgIpc) is 2.11. The quantitative estimate of drug-likeness (QED) is 0.434. The van der Waals surface area contributed by atoms with Crippen molar-refractivity contribution >= 4 is 0 Å². The van der Waals surface area contributed by atoms with Gasteiger partial charge in [-0.05, 0) is 44.9 Å². The molecule has 0 saturated heterocycles. The molecule has 1 unspecified atom stereocenters. The first-order chi connectivity index (χ1) is 6.24. The lowest BCUT2D eigenvalue weighted by Crippen LogP contribution is -2.06. The van der Waals surface area contributed by atoms with Crippen molar-refractivity contribution in [1.82, 2.24) is 0 Å². The van der Waals surface area contributed by atoms with Crippen LogP contribution in [0.4, 0.5) is 0 Å². The van der Waals surface area contributed by atoms with Crippen LogP contribution in [0, 0.1) is 5.92 Å². The predicted molar refractivity (Wildman–Crippen MR) is 59.9 cm³/mol. The van der Waals surface area contributed by atoms with Crippen molar-refractivity contribution in [2.75, 3.05) is 0 Å².